The Morgan fingerprint density at radius 1 is 0.517 bits per heavy atom. The van der Waals surface area contributed by atoms with Crippen LogP contribution in [0.4, 0.5) is 0 Å². The first-order valence-electron chi connectivity index (χ1n) is 24.3. The minimum Gasteiger partial charge on any atom is -0.544 e. The number of carbonyl (C=O) groups is 3. The highest BCUT2D eigenvalue weighted by atomic mass is 16.6. The number of ether oxygens (including phenoxy) is 3. The molecule has 0 aromatic rings. The molecule has 8 heteroatoms. The van der Waals surface area contributed by atoms with E-state index in [4.69, 9.17) is 14.2 Å². The molecule has 0 aromatic heterocycles. The number of carboxylic acid groups (broad SMARTS) is 1. The maximum absolute atomic E-state index is 12.7. The molecule has 0 aliphatic carbocycles. The van der Waals surface area contributed by atoms with E-state index in [1.807, 2.05) is 12.2 Å². The van der Waals surface area contributed by atoms with Gasteiger partial charge in [-0.3, -0.25) is 9.59 Å². The molecule has 0 aliphatic heterocycles. The van der Waals surface area contributed by atoms with Crippen molar-refractivity contribution in [3.8, 4) is 0 Å². The summed E-state index contributed by atoms with van der Waals surface area (Å²) in [6.45, 7) is 4.48. The van der Waals surface area contributed by atoms with Gasteiger partial charge in [-0.15, -0.1) is 0 Å². The van der Waals surface area contributed by atoms with Gasteiger partial charge in [-0.1, -0.05) is 197 Å². The first-order chi connectivity index (χ1) is 29.1. The van der Waals surface area contributed by atoms with E-state index < -0.39 is 24.1 Å². The lowest BCUT2D eigenvalue weighted by Gasteiger charge is -2.34. The van der Waals surface area contributed by atoms with Crippen molar-refractivity contribution in [3.05, 3.63) is 60.8 Å². The molecule has 0 saturated heterocycles. The second-order valence-electron chi connectivity index (χ2n) is 17.3. The van der Waals surface area contributed by atoms with Crippen LogP contribution in [0.1, 0.15) is 200 Å². The fourth-order valence-corrected chi connectivity index (χ4v) is 6.94. The number of quaternary nitrogens is 1. The lowest BCUT2D eigenvalue weighted by molar-refractivity contribution is -0.889. The van der Waals surface area contributed by atoms with Crippen LogP contribution < -0.4 is 5.11 Å². The van der Waals surface area contributed by atoms with Crippen molar-refractivity contribution in [2.75, 3.05) is 41.0 Å². The summed E-state index contributed by atoms with van der Waals surface area (Å²) in [6.07, 6.45) is 52.7. The molecule has 0 N–H and O–H groups in total. The normalized spacial score (nSPS) is 13.4. The Labute approximate surface area is 368 Å². The van der Waals surface area contributed by atoms with Gasteiger partial charge in [0.15, 0.2) is 6.10 Å². The van der Waals surface area contributed by atoms with Gasteiger partial charge in [-0.2, -0.15) is 0 Å². The largest absolute Gasteiger partial charge is 0.544 e. The van der Waals surface area contributed by atoms with Gasteiger partial charge in [0, 0.05) is 19.3 Å². The summed E-state index contributed by atoms with van der Waals surface area (Å²) >= 11 is 0. The van der Waals surface area contributed by atoms with Gasteiger partial charge in [-0.25, -0.2) is 0 Å². The fourth-order valence-electron chi connectivity index (χ4n) is 6.94. The zero-order chi connectivity index (χ0) is 44.2. The van der Waals surface area contributed by atoms with Crippen LogP contribution >= 0.6 is 0 Å². The van der Waals surface area contributed by atoms with Crippen LogP contribution in [0.25, 0.3) is 0 Å². The third-order valence-electron chi connectivity index (χ3n) is 10.7. The molecule has 0 heterocycles. The monoisotopic (exact) mass is 842 g/mol. The zero-order valence-electron chi connectivity index (χ0n) is 39.4. The maximum Gasteiger partial charge on any atom is 0.306 e. The van der Waals surface area contributed by atoms with Crippen molar-refractivity contribution in [1.82, 2.24) is 0 Å². The average Bonchev–Trinajstić information content (AvgIpc) is 3.21. The summed E-state index contributed by atoms with van der Waals surface area (Å²) < 4.78 is 17.1. The summed E-state index contributed by atoms with van der Waals surface area (Å²) in [6, 6.07) is -0.739. The Bertz CT molecular complexity index is 1170. The highest BCUT2D eigenvalue weighted by Crippen LogP contribution is 2.16. The lowest BCUT2D eigenvalue weighted by Crippen LogP contribution is -2.55. The first kappa shape index (κ1) is 57.0. The molecule has 0 rings (SSSR count). The number of hydrogen-bond donors (Lipinski definition) is 0. The Morgan fingerprint density at radius 3 is 1.35 bits per heavy atom. The predicted octanol–water partition coefficient (Wildman–Crippen LogP) is 12.4. The summed E-state index contributed by atoms with van der Waals surface area (Å²) in [5, 5.41) is 11.6. The molecule has 0 radical (unpaired) electrons. The number of likely N-dealkylation sites (N-methyl/N-ethyl adjacent to an activating group) is 1. The lowest BCUT2D eigenvalue weighted by atomic mass is 10.0. The molecule has 2 atom stereocenters. The van der Waals surface area contributed by atoms with Crippen LogP contribution in [0.5, 0.6) is 0 Å². The van der Waals surface area contributed by atoms with Gasteiger partial charge >= 0.3 is 11.9 Å². The van der Waals surface area contributed by atoms with Crippen LogP contribution in [0.15, 0.2) is 60.8 Å². The van der Waals surface area contributed by atoms with Crippen LogP contribution in [-0.4, -0.2) is 75.5 Å². The van der Waals surface area contributed by atoms with Crippen molar-refractivity contribution in [2.45, 2.75) is 212 Å². The quantitative estimate of drug-likeness (QED) is 0.0261. The van der Waals surface area contributed by atoms with Crippen LogP contribution in [0, 0.1) is 0 Å². The van der Waals surface area contributed by atoms with Crippen molar-refractivity contribution in [3.63, 3.8) is 0 Å². The van der Waals surface area contributed by atoms with E-state index >= 15 is 0 Å². The third-order valence-corrected chi connectivity index (χ3v) is 10.7. The topological polar surface area (TPSA) is 102 Å². The number of aliphatic carboxylic acids is 1. The van der Waals surface area contributed by atoms with Crippen LogP contribution in [-0.2, 0) is 28.6 Å². The predicted molar refractivity (Wildman–Crippen MR) is 249 cm³/mol. The van der Waals surface area contributed by atoms with E-state index in [-0.39, 0.29) is 43.1 Å². The summed E-state index contributed by atoms with van der Waals surface area (Å²) in [4.78, 5) is 36.9. The number of allylic oxidation sites excluding steroid dienone is 10. The van der Waals surface area contributed by atoms with E-state index in [1.165, 1.54) is 109 Å². The number of carboxylic acids is 1. The minimum atomic E-state index is -1.14. The van der Waals surface area contributed by atoms with Gasteiger partial charge in [0.05, 0.1) is 40.3 Å². The molecule has 2 unspecified atom stereocenters. The van der Waals surface area contributed by atoms with Crippen molar-refractivity contribution in [2.24, 2.45) is 0 Å². The van der Waals surface area contributed by atoms with E-state index in [1.54, 1.807) is 21.1 Å². The molecule has 0 saturated carbocycles. The van der Waals surface area contributed by atoms with Crippen LogP contribution in [0.3, 0.4) is 0 Å². The van der Waals surface area contributed by atoms with Crippen molar-refractivity contribution in [1.29, 1.82) is 0 Å². The molecule has 60 heavy (non-hydrogen) atoms. The summed E-state index contributed by atoms with van der Waals surface area (Å²) in [5.74, 6) is -1.84. The maximum atomic E-state index is 12.7. The summed E-state index contributed by atoms with van der Waals surface area (Å²) in [5.41, 5.74) is 0. The Morgan fingerprint density at radius 2 is 0.933 bits per heavy atom. The minimum absolute atomic E-state index is 0.0108. The molecule has 0 bridgehead atoms. The van der Waals surface area contributed by atoms with Crippen molar-refractivity contribution >= 4 is 17.9 Å². The highest BCUT2D eigenvalue weighted by Gasteiger charge is 2.25. The molecule has 0 spiro atoms. The molecule has 0 aromatic carbocycles. The van der Waals surface area contributed by atoms with Crippen molar-refractivity contribution < 1.29 is 38.2 Å². The molecular weight excluding hydrogens is 751 g/mol. The van der Waals surface area contributed by atoms with E-state index in [2.05, 4.69) is 62.5 Å². The molecule has 0 fully saturated rings. The molecule has 346 valence electrons. The fraction of sp³-hybridized carbons (Fsp3) is 0.750. The summed E-state index contributed by atoms with van der Waals surface area (Å²) in [7, 11) is 5.38. The zero-order valence-corrected chi connectivity index (χ0v) is 39.4. The standard InChI is InChI=1S/C52H91NO7/c1-6-8-10-12-14-16-18-20-22-24-25-26-27-29-30-32-34-36-38-40-42-50(54)59-47-48(46-58-45-44-49(52(56)57)53(3,4)5)60-51(55)43-41-39-37-35-33-31-28-23-21-19-17-15-13-11-9-7-2/h9,11,15,17,21,23,31,33,37,39,48-49H,6-8,10,12-14,16,18-20,22,24-30,32,34-36,38,40-47H2,1-5H3/b11-9+,17-15+,23-21+,33-31+,39-37+. The molecular formula is C52H91NO7. The second kappa shape index (κ2) is 42.7. The molecule has 0 aliphatic rings. The Hall–Kier alpha value is -2.97. The average molecular weight is 842 g/mol. The number of esters is 2. The first-order valence-corrected chi connectivity index (χ1v) is 24.3. The number of carbonyl (C=O) groups excluding carboxylic acids is 3. The molecule has 0 amide bonds. The van der Waals surface area contributed by atoms with E-state index in [9.17, 15) is 19.5 Å². The second-order valence-corrected chi connectivity index (χ2v) is 17.3. The number of rotatable bonds is 43. The number of hydrogen-bond acceptors (Lipinski definition) is 7. The number of nitrogens with zero attached hydrogens (tertiary/aromatic N) is 1. The van der Waals surface area contributed by atoms with Gasteiger partial charge < -0.3 is 28.6 Å². The Kier molecular flexibility index (Phi) is 40.6. The molecule has 8 nitrogen and oxygen atoms in total. The highest BCUT2D eigenvalue weighted by molar-refractivity contribution is 5.70. The SMILES string of the molecule is CC/C=C/C/C=C/C/C=C/C/C=C/C/C=C/CCC(=O)OC(COCCC(C(=O)[O-])[N+](C)(C)C)COC(=O)CCCCCCCCCCCCCCCCCCCCCC. The van der Waals surface area contributed by atoms with Gasteiger partial charge in [0.1, 0.15) is 12.6 Å². The third kappa shape index (κ3) is 40.4. The van der Waals surface area contributed by atoms with Gasteiger partial charge in [0.2, 0.25) is 0 Å². The van der Waals surface area contributed by atoms with Crippen LogP contribution in [0.2, 0.25) is 0 Å². The number of unbranched alkanes of at least 4 members (excludes halogenated alkanes) is 19. The smallest absolute Gasteiger partial charge is 0.306 e. The van der Waals surface area contributed by atoms with E-state index in [0.717, 1.165) is 51.4 Å². The van der Waals surface area contributed by atoms with Gasteiger partial charge in [-0.05, 0) is 44.9 Å². The van der Waals surface area contributed by atoms with E-state index in [0.29, 0.717) is 12.8 Å². The van der Waals surface area contributed by atoms with Gasteiger partial charge in [0.25, 0.3) is 0 Å². The Balaban J connectivity index is 4.33.